The van der Waals surface area contributed by atoms with Crippen LogP contribution in [0.15, 0.2) is 58.1 Å². The quantitative estimate of drug-likeness (QED) is 0.708. The van der Waals surface area contributed by atoms with Gasteiger partial charge in [0.25, 0.3) is 0 Å². The molecule has 0 saturated carbocycles. The molecular formula is C14H9NO3. The van der Waals surface area contributed by atoms with Gasteiger partial charge in [0, 0.05) is 6.20 Å². The second-order valence-corrected chi connectivity index (χ2v) is 3.88. The molecule has 88 valence electrons. The maximum absolute atomic E-state index is 12.2. The van der Waals surface area contributed by atoms with Crippen molar-refractivity contribution >= 4 is 11.1 Å². The highest BCUT2D eigenvalue weighted by Gasteiger charge is 2.09. The molecule has 18 heavy (non-hydrogen) atoms. The predicted molar refractivity (Wildman–Crippen MR) is 67.4 cm³/mol. The minimum atomic E-state index is -0.178. The number of phenols is 1. The summed E-state index contributed by atoms with van der Waals surface area (Å²) in [4.78, 5) is 16.3. The van der Waals surface area contributed by atoms with Crippen LogP contribution in [0.4, 0.5) is 0 Å². The maximum Gasteiger partial charge on any atom is 0.218 e. The summed E-state index contributed by atoms with van der Waals surface area (Å²) in [5.41, 5.74) is 1.71. The summed E-state index contributed by atoms with van der Waals surface area (Å²) in [7, 11) is 0. The number of aromatic hydroxyl groups is 1. The normalized spacial score (nSPS) is 10.7. The summed E-state index contributed by atoms with van der Waals surface area (Å²) in [6.07, 6.45) is 2.97. The molecule has 0 aliphatic carbocycles. The van der Waals surface area contributed by atoms with Crippen LogP contribution in [0.3, 0.4) is 0 Å². The van der Waals surface area contributed by atoms with Gasteiger partial charge in [0.05, 0.1) is 5.56 Å². The van der Waals surface area contributed by atoms with Crippen LogP contribution in [0.2, 0.25) is 0 Å². The van der Waals surface area contributed by atoms with Gasteiger partial charge in [-0.15, -0.1) is 0 Å². The molecule has 3 aromatic rings. The summed E-state index contributed by atoms with van der Waals surface area (Å²) in [5, 5.41) is 9.23. The van der Waals surface area contributed by atoms with E-state index >= 15 is 0 Å². The van der Waals surface area contributed by atoms with Gasteiger partial charge in [-0.25, -0.2) is 4.98 Å². The number of fused-ring (bicyclic) bond motifs is 1. The Morgan fingerprint density at radius 1 is 1.11 bits per heavy atom. The third kappa shape index (κ3) is 1.64. The van der Waals surface area contributed by atoms with E-state index in [2.05, 4.69) is 4.98 Å². The molecule has 2 aromatic heterocycles. The molecule has 0 aliphatic heterocycles. The Morgan fingerprint density at radius 3 is 2.67 bits per heavy atom. The van der Waals surface area contributed by atoms with Gasteiger partial charge in [0.2, 0.25) is 5.43 Å². The molecule has 4 nitrogen and oxygen atoms in total. The average Bonchev–Trinajstić information content (AvgIpc) is 2.41. The van der Waals surface area contributed by atoms with E-state index in [0.717, 1.165) is 0 Å². The fourth-order valence-corrected chi connectivity index (χ4v) is 1.80. The Labute approximate surface area is 102 Å². The third-order valence-corrected chi connectivity index (χ3v) is 2.71. The van der Waals surface area contributed by atoms with E-state index in [1.807, 2.05) is 0 Å². The van der Waals surface area contributed by atoms with E-state index in [-0.39, 0.29) is 11.2 Å². The second-order valence-electron chi connectivity index (χ2n) is 3.88. The summed E-state index contributed by atoms with van der Waals surface area (Å²) >= 11 is 0. The molecule has 0 atom stereocenters. The lowest BCUT2D eigenvalue weighted by molar-refractivity contribution is 0.475. The van der Waals surface area contributed by atoms with Crippen molar-refractivity contribution in [1.82, 2.24) is 4.98 Å². The molecule has 0 fully saturated rings. The predicted octanol–water partition coefficient (Wildman–Crippen LogP) is 2.56. The molecule has 0 radical (unpaired) electrons. The summed E-state index contributed by atoms with van der Waals surface area (Å²) < 4.78 is 5.38. The Hall–Kier alpha value is -2.62. The smallest absolute Gasteiger partial charge is 0.218 e. The minimum absolute atomic E-state index is 0.155. The first-order valence-electron chi connectivity index (χ1n) is 5.41. The highest BCUT2D eigenvalue weighted by atomic mass is 16.3. The van der Waals surface area contributed by atoms with Crippen LogP contribution in [0.25, 0.3) is 22.2 Å². The van der Waals surface area contributed by atoms with Gasteiger partial charge in [0.1, 0.15) is 12.0 Å². The van der Waals surface area contributed by atoms with Gasteiger partial charge >= 0.3 is 0 Å². The number of phenolic OH excluding ortho intramolecular Hbond substituents is 1. The maximum atomic E-state index is 12.2. The Kier molecular flexibility index (Phi) is 2.34. The first-order chi connectivity index (χ1) is 8.75. The molecule has 0 unspecified atom stereocenters. The van der Waals surface area contributed by atoms with Crippen molar-refractivity contribution in [2.75, 3.05) is 0 Å². The summed E-state index contributed by atoms with van der Waals surface area (Å²) in [6.45, 7) is 0. The highest BCUT2D eigenvalue weighted by Crippen LogP contribution is 2.20. The van der Waals surface area contributed by atoms with Crippen LogP contribution >= 0.6 is 0 Å². The lowest BCUT2D eigenvalue weighted by atomic mass is 10.1. The van der Waals surface area contributed by atoms with E-state index in [4.69, 9.17) is 4.42 Å². The molecule has 1 N–H and O–H groups in total. The second kappa shape index (κ2) is 4.00. The van der Waals surface area contributed by atoms with E-state index in [1.165, 1.54) is 18.4 Å². The molecule has 0 bridgehead atoms. The first kappa shape index (κ1) is 10.5. The number of pyridine rings is 1. The minimum Gasteiger partial charge on any atom is -0.508 e. The fraction of sp³-hybridized carbons (Fsp3) is 0. The number of rotatable bonds is 1. The van der Waals surface area contributed by atoms with Gasteiger partial charge in [-0.1, -0.05) is 12.1 Å². The molecule has 4 heteroatoms. The Balaban J connectivity index is 2.27. The van der Waals surface area contributed by atoms with Crippen molar-refractivity contribution in [3.8, 4) is 16.9 Å². The van der Waals surface area contributed by atoms with Crippen LogP contribution in [0.5, 0.6) is 5.75 Å². The number of nitrogens with zero attached hydrogens (tertiary/aromatic N) is 1. The molecule has 0 spiro atoms. The molecule has 3 rings (SSSR count). The van der Waals surface area contributed by atoms with Crippen molar-refractivity contribution in [2.24, 2.45) is 0 Å². The summed E-state index contributed by atoms with van der Waals surface area (Å²) in [5.74, 6) is 0.155. The molecule has 0 saturated heterocycles. The first-order valence-corrected chi connectivity index (χ1v) is 5.41. The highest BCUT2D eigenvalue weighted by molar-refractivity contribution is 5.77. The Morgan fingerprint density at radius 2 is 1.89 bits per heavy atom. The zero-order valence-electron chi connectivity index (χ0n) is 9.33. The zero-order chi connectivity index (χ0) is 12.5. The number of aromatic nitrogens is 1. The van der Waals surface area contributed by atoms with Crippen molar-refractivity contribution in [1.29, 1.82) is 0 Å². The largest absolute Gasteiger partial charge is 0.508 e. The molecule has 2 heterocycles. The molecule has 0 aliphatic rings. The Bertz CT molecular complexity index is 760. The fourth-order valence-electron chi connectivity index (χ4n) is 1.80. The van der Waals surface area contributed by atoms with E-state index in [1.54, 1.807) is 30.5 Å². The topological polar surface area (TPSA) is 63.3 Å². The standard InChI is InChI=1S/C14H9NO3/c16-10-5-3-9(4-6-10)11-8-18-12-2-1-7-15-13(12)14(11)17/h1-8,16H. The van der Waals surface area contributed by atoms with E-state index in [9.17, 15) is 9.90 Å². The zero-order valence-corrected chi connectivity index (χ0v) is 9.33. The SMILES string of the molecule is O=c1c(-c2ccc(O)cc2)coc2cccnc12. The van der Waals surface area contributed by atoms with E-state index < -0.39 is 0 Å². The molecule has 1 aromatic carbocycles. The number of hydrogen-bond donors (Lipinski definition) is 1. The van der Waals surface area contributed by atoms with Crippen LogP contribution in [-0.4, -0.2) is 10.1 Å². The van der Waals surface area contributed by atoms with Crippen LogP contribution in [0, 0.1) is 0 Å². The van der Waals surface area contributed by atoms with Gasteiger partial charge in [-0.2, -0.15) is 0 Å². The van der Waals surface area contributed by atoms with Crippen molar-refractivity contribution in [2.45, 2.75) is 0 Å². The number of benzene rings is 1. The van der Waals surface area contributed by atoms with Crippen molar-refractivity contribution < 1.29 is 9.52 Å². The van der Waals surface area contributed by atoms with Gasteiger partial charge < -0.3 is 9.52 Å². The van der Waals surface area contributed by atoms with Crippen LogP contribution in [0.1, 0.15) is 0 Å². The number of hydrogen-bond acceptors (Lipinski definition) is 4. The van der Waals surface area contributed by atoms with Crippen molar-refractivity contribution in [3.63, 3.8) is 0 Å². The molecule has 0 amide bonds. The van der Waals surface area contributed by atoms with Crippen LogP contribution < -0.4 is 5.43 Å². The molecular weight excluding hydrogens is 230 g/mol. The van der Waals surface area contributed by atoms with Crippen molar-refractivity contribution in [3.05, 3.63) is 59.1 Å². The lowest BCUT2D eigenvalue weighted by Crippen LogP contribution is -2.06. The van der Waals surface area contributed by atoms with Gasteiger partial charge in [0.15, 0.2) is 11.1 Å². The van der Waals surface area contributed by atoms with Gasteiger partial charge in [-0.3, -0.25) is 4.79 Å². The summed E-state index contributed by atoms with van der Waals surface area (Å²) in [6, 6.07) is 9.79. The van der Waals surface area contributed by atoms with Gasteiger partial charge in [-0.05, 0) is 29.8 Å². The third-order valence-electron chi connectivity index (χ3n) is 2.71. The van der Waals surface area contributed by atoms with Crippen LogP contribution in [-0.2, 0) is 0 Å². The average molecular weight is 239 g/mol. The lowest BCUT2D eigenvalue weighted by Gasteiger charge is -2.02. The van der Waals surface area contributed by atoms with E-state index in [0.29, 0.717) is 22.2 Å². The monoisotopic (exact) mass is 239 g/mol.